The summed E-state index contributed by atoms with van der Waals surface area (Å²) < 4.78 is 0. The summed E-state index contributed by atoms with van der Waals surface area (Å²) in [5, 5.41) is 8.02. The van der Waals surface area contributed by atoms with Crippen LogP contribution in [0.25, 0.3) is 0 Å². The van der Waals surface area contributed by atoms with E-state index in [1.165, 1.54) is 4.88 Å². The number of rotatable bonds is 8. The van der Waals surface area contributed by atoms with Gasteiger partial charge in [0.1, 0.15) is 0 Å². The van der Waals surface area contributed by atoms with Crippen molar-refractivity contribution in [3.8, 4) is 0 Å². The summed E-state index contributed by atoms with van der Waals surface area (Å²) in [6, 6.07) is 12.9. The lowest BCUT2D eigenvalue weighted by Gasteiger charge is -2.21. The van der Waals surface area contributed by atoms with Gasteiger partial charge in [0.2, 0.25) is 5.91 Å². The van der Waals surface area contributed by atoms with Gasteiger partial charge >= 0.3 is 0 Å². The topological polar surface area (TPSA) is 58.2 Å². The van der Waals surface area contributed by atoms with Crippen molar-refractivity contribution >= 4 is 23.2 Å². The summed E-state index contributed by atoms with van der Waals surface area (Å²) >= 11 is 1.66. The van der Waals surface area contributed by atoms with E-state index in [1.807, 2.05) is 36.6 Å². The third-order valence-corrected chi connectivity index (χ3v) is 4.82. The Hall–Kier alpha value is -2.14. The summed E-state index contributed by atoms with van der Waals surface area (Å²) in [7, 11) is 0. The maximum atomic E-state index is 12.4. The Labute approximate surface area is 153 Å². The molecule has 0 saturated carbocycles. The molecule has 5 heteroatoms. The normalized spacial score (nSPS) is 13.3. The molecule has 134 valence electrons. The molecule has 2 rings (SSSR count). The zero-order valence-corrected chi connectivity index (χ0v) is 15.8. The van der Waals surface area contributed by atoms with E-state index in [4.69, 9.17) is 0 Å². The van der Waals surface area contributed by atoms with Gasteiger partial charge in [0.15, 0.2) is 0 Å². The van der Waals surface area contributed by atoms with Crippen LogP contribution in [0.2, 0.25) is 0 Å². The molecule has 0 bridgehead atoms. The van der Waals surface area contributed by atoms with Crippen LogP contribution >= 0.6 is 11.3 Å². The molecule has 2 N–H and O–H groups in total. The summed E-state index contributed by atoms with van der Waals surface area (Å²) in [5.41, 5.74) is 0.603. The lowest BCUT2D eigenvalue weighted by Crippen LogP contribution is -2.38. The Morgan fingerprint density at radius 1 is 1.00 bits per heavy atom. The van der Waals surface area contributed by atoms with E-state index in [0.717, 1.165) is 6.42 Å². The highest BCUT2D eigenvalue weighted by Gasteiger charge is 2.19. The van der Waals surface area contributed by atoms with Crippen LogP contribution in [-0.2, 0) is 4.79 Å². The van der Waals surface area contributed by atoms with Crippen molar-refractivity contribution in [1.29, 1.82) is 0 Å². The number of benzene rings is 1. The lowest BCUT2D eigenvalue weighted by molar-refractivity contribution is -0.122. The fourth-order valence-corrected chi connectivity index (χ4v) is 3.48. The number of nitrogens with one attached hydrogen (secondary N) is 2. The molecule has 0 spiro atoms. The van der Waals surface area contributed by atoms with Crippen LogP contribution in [0.3, 0.4) is 0 Å². The van der Waals surface area contributed by atoms with Crippen LogP contribution in [0.15, 0.2) is 47.8 Å². The number of hydrogen-bond acceptors (Lipinski definition) is 3. The quantitative estimate of drug-likeness (QED) is 0.744. The summed E-state index contributed by atoms with van der Waals surface area (Å²) in [6.45, 7) is 6.15. The number of hydrogen-bond donors (Lipinski definition) is 2. The Morgan fingerprint density at radius 3 is 2.32 bits per heavy atom. The van der Waals surface area contributed by atoms with Crippen LogP contribution in [0.5, 0.6) is 0 Å². The van der Waals surface area contributed by atoms with Crippen LogP contribution < -0.4 is 10.6 Å². The molecule has 2 unspecified atom stereocenters. The molecule has 4 nitrogen and oxygen atoms in total. The van der Waals surface area contributed by atoms with Crippen molar-refractivity contribution in [2.45, 2.75) is 45.7 Å². The number of amides is 2. The Kier molecular flexibility index (Phi) is 7.19. The van der Waals surface area contributed by atoms with E-state index in [9.17, 15) is 9.59 Å². The first-order valence-electron chi connectivity index (χ1n) is 8.64. The van der Waals surface area contributed by atoms with E-state index >= 15 is 0 Å². The van der Waals surface area contributed by atoms with Gasteiger partial charge in [0.25, 0.3) is 5.91 Å². The van der Waals surface area contributed by atoms with Crippen LogP contribution in [0.1, 0.15) is 54.9 Å². The number of thiophene rings is 1. The highest BCUT2D eigenvalue weighted by molar-refractivity contribution is 7.10. The van der Waals surface area contributed by atoms with Gasteiger partial charge in [-0.3, -0.25) is 9.59 Å². The predicted molar refractivity (Wildman–Crippen MR) is 103 cm³/mol. The SMILES string of the molecule is CC(C)CC(NC(=O)CC(C)NC(=O)c1ccccc1)c1cccs1. The summed E-state index contributed by atoms with van der Waals surface area (Å²) in [5.74, 6) is 0.292. The summed E-state index contributed by atoms with van der Waals surface area (Å²) in [4.78, 5) is 25.7. The van der Waals surface area contributed by atoms with Crippen molar-refractivity contribution in [3.63, 3.8) is 0 Å². The molecule has 0 radical (unpaired) electrons. The molecule has 0 fully saturated rings. The Balaban J connectivity index is 1.88. The largest absolute Gasteiger partial charge is 0.349 e. The minimum absolute atomic E-state index is 0.0320. The first-order chi connectivity index (χ1) is 12.0. The molecule has 1 aromatic heterocycles. The minimum Gasteiger partial charge on any atom is -0.349 e. The predicted octanol–water partition coefficient (Wildman–Crippen LogP) is 4.16. The molecule has 25 heavy (non-hydrogen) atoms. The van der Waals surface area contributed by atoms with E-state index in [1.54, 1.807) is 23.5 Å². The third kappa shape index (κ3) is 6.35. The molecule has 0 aliphatic carbocycles. The summed E-state index contributed by atoms with van der Waals surface area (Å²) in [6.07, 6.45) is 1.16. The van der Waals surface area contributed by atoms with Crippen LogP contribution in [0, 0.1) is 5.92 Å². The van der Waals surface area contributed by atoms with Gasteiger partial charge < -0.3 is 10.6 Å². The van der Waals surface area contributed by atoms with E-state index in [-0.39, 0.29) is 30.3 Å². The monoisotopic (exact) mass is 358 g/mol. The highest BCUT2D eigenvalue weighted by atomic mass is 32.1. The molecule has 1 aromatic carbocycles. The van der Waals surface area contributed by atoms with Gasteiger partial charge in [-0.05, 0) is 42.8 Å². The second-order valence-electron chi connectivity index (χ2n) is 6.71. The maximum absolute atomic E-state index is 12.4. The van der Waals surface area contributed by atoms with Gasteiger partial charge in [0, 0.05) is 22.9 Å². The Morgan fingerprint density at radius 2 is 1.72 bits per heavy atom. The van der Waals surface area contributed by atoms with E-state index in [2.05, 4.69) is 30.5 Å². The number of carbonyl (C=O) groups is 2. The first kappa shape index (κ1) is 19.2. The zero-order chi connectivity index (χ0) is 18.2. The van der Waals surface area contributed by atoms with Crippen LogP contribution in [0.4, 0.5) is 0 Å². The van der Waals surface area contributed by atoms with Crippen molar-refractivity contribution in [3.05, 3.63) is 58.3 Å². The molecular formula is C20H26N2O2S. The van der Waals surface area contributed by atoms with E-state index in [0.29, 0.717) is 11.5 Å². The molecule has 2 atom stereocenters. The number of carbonyl (C=O) groups excluding carboxylic acids is 2. The fourth-order valence-electron chi connectivity index (χ4n) is 2.69. The van der Waals surface area contributed by atoms with Crippen LogP contribution in [-0.4, -0.2) is 17.9 Å². The van der Waals surface area contributed by atoms with Gasteiger partial charge in [-0.15, -0.1) is 11.3 Å². The molecule has 2 aromatic rings. The van der Waals surface area contributed by atoms with Gasteiger partial charge in [-0.1, -0.05) is 38.1 Å². The molecule has 0 aliphatic heterocycles. The molecule has 2 amide bonds. The first-order valence-corrected chi connectivity index (χ1v) is 9.52. The second-order valence-corrected chi connectivity index (χ2v) is 7.69. The highest BCUT2D eigenvalue weighted by Crippen LogP contribution is 2.25. The molecule has 1 heterocycles. The lowest BCUT2D eigenvalue weighted by atomic mass is 10.0. The van der Waals surface area contributed by atoms with Gasteiger partial charge in [-0.25, -0.2) is 0 Å². The van der Waals surface area contributed by atoms with Crippen molar-refractivity contribution < 1.29 is 9.59 Å². The standard InChI is InChI=1S/C20H26N2O2S/c1-14(2)12-17(18-10-7-11-25-18)22-19(23)13-15(3)21-20(24)16-8-5-4-6-9-16/h4-11,14-15,17H,12-13H2,1-3H3,(H,21,24)(H,22,23). The third-order valence-electron chi connectivity index (χ3n) is 3.83. The maximum Gasteiger partial charge on any atom is 0.251 e. The van der Waals surface area contributed by atoms with Crippen molar-refractivity contribution in [1.82, 2.24) is 10.6 Å². The second kappa shape index (κ2) is 9.37. The minimum atomic E-state index is -0.226. The molecule has 0 aliphatic rings. The smallest absolute Gasteiger partial charge is 0.251 e. The van der Waals surface area contributed by atoms with Gasteiger partial charge in [-0.2, -0.15) is 0 Å². The van der Waals surface area contributed by atoms with E-state index < -0.39 is 0 Å². The zero-order valence-electron chi connectivity index (χ0n) is 15.0. The van der Waals surface area contributed by atoms with Gasteiger partial charge in [0.05, 0.1) is 6.04 Å². The van der Waals surface area contributed by atoms with Crippen molar-refractivity contribution in [2.75, 3.05) is 0 Å². The van der Waals surface area contributed by atoms with Crippen molar-refractivity contribution in [2.24, 2.45) is 5.92 Å². The average molecular weight is 359 g/mol. The average Bonchev–Trinajstić information content (AvgIpc) is 3.08. The molecule has 0 saturated heterocycles. The Bertz CT molecular complexity index is 668. The fraction of sp³-hybridized carbons (Fsp3) is 0.400. The molecular weight excluding hydrogens is 332 g/mol.